The molecule has 1 aromatic carbocycles. The SMILES string of the molecule is C=C(C)CCc1c(Cl)cccc1Cl. The van der Waals surface area contributed by atoms with Crippen LogP contribution in [-0.2, 0) is 6.42 Å². The zero-order chi connectivity index (χ0) is 9.84. The second-order valence-corrected chi connectivity index (χ2v) is 3.97. The van der Waals surface area contributed by atoms with E-state index >= 15 is 0 Å². The summed E-state index contributed by atoms with van der Waals surface area (Å²) in [6, 6.07) is 5.58. The number of hydrogen-bond acceptors (Lipinski definition) is 0. The summed E-state index contributed by atoms with van der Waals surface area (Å²) in [5.41, 5.74) is 2.17. The topological polar surface area (TPSA) is 0 Å². The third kappa shape index (κ3) is 3.06. The molecule has 0 aromatic heterocycles. The van der Waals surface area contributed by atoms with E-state index in [1.54, 1.807) is 0 Å². The maximum atomic E-state index is 6.00. The lowest BCUT2D eigenvalue weighted by Gasteiger charge is -2.05. The smallest absolute Gasteiger partial charge is 0.0452 e. The summed E-state index contributed by atoms with van der Waals surface area (Å²) in [6.07, 6.45) is 1.80. The van der Waals surface area contributed by atoms with Gasteiger partial charge in [-0.15, -0.1) is 6.58 Å². The molecule has 0 aliphatic heterocycles. The minimum Gasteiger partial charge on any atom is -0.100 e. The molecule has 0 spiro atoms. The largest absolute Gasteiger partial charge is 0.100 e. The highest BCUT2D eigenvalue weighted by Gasteiger charge is 2.04. The average molecular weight is 215 g/mol. The monoisotopic (exact) mass is 214 g/mol. The Kier molecular flexibility index (Phi) is 3.83. The van der Waals surface area contributed by atoms with Gasteiger partial charge in [0, 0.05) is 10.0 Å². The van der Waals surface area contributed by atoms with Gasteiger partial charge in [0.15, 0.2) is 0 Å². The highest BCUT2D eigenvalue weighted by atomic mass is 35.5. The van der Waals surface area contributed by atoms with Crippen molar-refractivity contribution < 1.29 is 0 Å². The Labute approximate surface area is 89.2 Å². The van der Waals surface area contributed by atoms with Crippen molar-refractivity contribution in [2.24, 2.45) is 0 Å². The Hall–Kier alpha value is -0.460. The summed E-state index contributed by atoms with van der Waals surface area (Å²) >= 11 is 12.0. The number of benzene rings is 1. The van der Waals surface area contributed by atoms with Crippen LogP contribution in [0.15, 0.2) is 30.4 Å². The molecule has 0 N–H and O–H groups in total. The van der Waals surface area contributed by atoms with E-state index in [0.717, 1.165) is 34.0 Å². The lowest BCUT2D eigenvalue weighted by Crippen LogP contribution is -1.88. The van der Waals surface area contributed by atoms with Crippen LogP contribution in [0.25, 0.3) is 0 Å². The van der Waals surface area contributed by atoms with E-state index in [1.807, 2.05) is 25.1 Å². The van der Waals surface area contributed by atoms with Gasteiger partial charge in [-0.25, -0.2) is 0 Å². The molecule has 0 saturated carbocycles. The van der Waals surface area contributed by atoms with Crippen molar-refractivity contribution in [3.05, 3.63) is 46.0 Å². The van der Waals surface area contributed by atoms with Gasteiger partial charge in [-0.2, -0.15) is 0 Å². The Bertz CT molecular complexity index is 296. The lowest BCUT2D eigenvalue weighted by molar-refractivity contribution is 0.946. The highest BCUT2D eigenvalue weighted by Crippen LogP contribution is 2.26. The molecule has 13 heavy (non-hydrogen) atoms. The molecule has 0 atom stereocenters. The van der Waals surface area contributed by atoms with Crippen LogP contribution >= 0.6 is 23.2 Å². The quantitative estimate of drug-likeness (QED) is 0.651. The van der Waals surface area contributed by atoms with Gasteiger partial charge in [0.05, 0.1) is 0 Å². The summed E-state index contributed by atoms with van der Waals surface area (Å²) in [5.74, 6) is 0. The fourth-order valence-electron chi connectivity index (χ4n) is 1.11. The Morgan fingerprint density at radius 2 is 1.85 bits per heavy atom. The predicted octanol–water partition coefficient (Wildman–Crippen LogP) is 4.50. The van der Waals surface area contributed by atoms with E-state index < -0.39 is 0 Å². The van der Waals surface area contributed by atoms with Gasteiger partial charge >= 0.3 is 0 Å². The van der Waals surface area contributed by atoms with Crippen LogP contribution < -0.4 is 0 Å². The van der Waals surface area contributed by atoms with E-state index in [4.69, 9.17) is 23.2 Å². The highest BCUT2D eigenvalue weighted by molar-refractivity contribution is 6.35. The predicted molar refractivity (Wildman–Crippen MR) is 59.6 cm³/mol. The number of rotatable bonds is 3. The normalized spacial score (nSPS) is 10.1. The maximum absolute atomic E-state index is 6.00. The zero-order valence-electron chi connectivity index (χ0n) is 7.61. The first-order valence-corrected chi connectivity index (χ1v) is 4.94. The Morgan fingerprint density at radius 1 is 1.31 bits per heavy atom. The number of halogens is 2. The molecule has 0 amide bonds. The second kappa shape index (κ2) is 4.69. The van der Waals surface area contributed by atoms with Gasteiger partial charge in [0.2, 0.25) is 0 Å². The first-order valence-electron chi connectivity index (χ1n) is 4.18. The van der Waals surface area contributed by atoms with Gasteiger partial charge in [0.1, 0.15) is 0 Å². The molecular formula is C11H12Cl2. The van der Waals surface area contributed by atoms with E-state index in [-0.39, 0.29) is 0 Å². The fourth-order valence-corrected chi connectivity index (χ4v) is 1.70. The molecule has 0 saturated heterocycles. The zero-order valence-corrected chi connectivity index (χ0v) is 9.12. The van der Waals surface area contributed by atoms with Crippen LogP contribution in [0, 0.1) is 0 Å². The number of allylic oxidation sites excluding steroid dienone is 1. The third-order valence-electron chi connectivity index (χ3n) is 1.86. The van der Waals surface area contributed by atoms with Crippen molar-refractivity contribution in [3.8, 4) is 0 Å². The van der Waals surface area contributed by atoms with Crippen molar-refractivity contribution >= 4 is 23.2 Å². The molecule has 0 radical (unpaired) electrons. The Balaban J connectivity index is 2.81. The lowest BCUT2D eigenvalue weighted by atomic mass is 10.1. The maximum Gasteiger partial charge on any atom is 0.0452 e. The molecule has 1 aromatic rings. The standard InChI is InChI=1S/C11H12Cl2/c1-8(2)6-7-9-10(12)4-3-5-11(9)13/h3-5H,1,6-7H2,2H3. The molecule has 0 nitrogen and oxygen atoms in total. The molecule has 2 heteroatoms. The van der Waals surface area contributed by atoms with Crippen LogP contribution in [0.5, 0.6) is 0 Å². The van der Waals surface area contributed by atoms with E-state index in [0.29, 0.717) is 0 Å². The van der Waals surface area contributed by atoms with Gasteiger partial charge in [-0.3, -0.25) is 0 Å². The molecule has 70 valence electrons. The van der Waals surface area contributed by atoms with Crippen molar-refractivity contribution in [1.82, 2.24) is 0 Å². The van der Waals surface area contributed by atoms with Crippen molar-refractivity contribution in [1.29, 1.82) is 0 Å². The van der Waals surface area contributed by atoms with Crippen molar-refractivity contribution in [2.45, 2.75) is 19.8 Å². The first-order chi connectivity index (χ1) is 6.11. The molecule has 0 aliphatic rings. The summed E-state index contributed by atoms with van der Waals surface area (Å²) in [4.78, 5) is 0. The van der Waals surface area contributed by atoms with Gasteiger partial charge in [-0.1, -0.05) is 34.8 Å². The molecule has 0 aliphatic carbocycles. The number of hydrogen-bond donors (Lipinski definition) is 0. The van der Waals surface area contributed by atoms with E-state index in [2.05, 4.69) is 6.58 Å². The molecule has 0 bridgehead atoms. The minimum atomic E-state index is 0.744. The van der Waals surface area contributed by atoms with Gasteiger partial charge in [-0.05, 0) is 37.5 Å². The van der Waals surface area contributed by atoms with Crippen molar-refractivity contribution in [2.75, 3.05) is 0 Å². The first kappa shape index (κ1) is 10.6. The van der Waals surface area contributed by atoms with Crippen LogP contribution in [0.1, 0.15) is 18.9 Å². The van der Waals surface area contributed by atoms with Gasteiger partial charge < -0.3 is 0 Å². The summed E-state index contributed by atoms with van der Waals surface area (Å²) < 4.78 is 0. The average Bonchev–Trinajstić information content (AvgIpc) is 2.03. The van der Waals surface area contributed by atoms with Crippen LogP contribution in [0.2, 0.25) is 10.0 Å². The molecule has 0 fully saturated rings. The Morgan fingerprint density at radius 3 is 2.31 bits per heavy atom. The molecule has 0 unspecified atom stereocenters. The second-order valence-electron chi connectivity index (χ2n) is 3.16. The van der Waals surface area contributed by atoms with E-state index in [9.17, 15) is 0 Å². The van der Waals surface area contributed by atoms with Crippen LogP contribution in [0.4, 0.5) is 0 Å². The van der Waals surface area contributed by atoms with Crippen LogP contribution in [0.3, 0.4) is 0 Å². The molecule has 1 rings (SSSR count). The molecular weight excluding hydrogens is 203 g/mol. The minimum absolute atomic E-state index is 0.744. The van der Waals surface area contributed by atoms with E-state index in [1.165, 1.54) is 0 Å². The summed E-state index contributed by atoms with van der Waals surface area (Å²) in [6.45, 7) is 5.85. The van der Waals surface area contributed by atoms with Crippen LogP contribution in [-0.4, -0.2) is 0 Å². The molecule has 0 heterocycles. The third-order valence-corrected chi connectivity index (χ3v) is 2.57. The van der Waals surface area contributed by atoms with Gasteiger partial charge in [0.25, 0.3) is 0 Å². The van der Waals surface area contributed by atoms with Crippen molar-refractivity contribution in [3.63, 3.8) is 0 Å². The summed E-state index contributed by atoms with van der Waals surface area (Å²) in [5, 5.41) is 1.49. The fraction of sp³-hybridized carbons (Fsp3) is 0.273. The summed E-state index contributed by atoms with van der Waals surface area (Å²) in [7, 11) is 0.